The number of benzene rings is 2. The molecule has 0 aliphatic heterocycles. The number of hydrogen-bond donors (Lipinski definition) is 1. The Hall–Kier alpha value is -2.82. The SMILES string of the molecule is COC(=O)[C@@H](Cc1cccc(OCc2ccccc2)c1)NC(=O)C1CC1. The van der Waals surface area contributed by atoms with Gasteiger partial charge in [0, 0.05) is 12.3 Å². The Balaban J connectivity index is 1.63. The average Bonchev–Trinajstić information content (AvgIpc) is 3.52. The molecule has 5 nitrogen and oxygen atoms in total. The monoisotopic (exact) mass is 353 g/mol. The second-order valence-electron chi connectivity index (χ2n) is 6.48. The molecule has 5 heteroatoms. The van der Waals surface area contributed by atoms with E-state index in [1.54, 1.807) is 0 Å². The first-order valence-electron chi connectivity index (χ1n) is 8.79. The lowest BCUT2D eigenvalue weighted by Gasteiger charge is -2.17. The van der Waals surface area contributed by atoms with Gasteiger partial charge in [-0.05, 0) is 36.1 Å². The number of methoxy groups -OCH3 is 1. The maximum atomic E-state index is 12.0. The molecule has 1 aliphatic carbocycles. The van der Waals surface area contributed by atoms with Gasteiger partial charge in [0.25, 0.3) is 0 Å². The van der Waals surface area contributed by atoms with Crippen LogP contribution in [-0.4, -0.2) is 25.0 Å². The van der Waals surface area contributed by atoms with E-state index in [1.807, 2.05) is 54.6 Å². The molecule has 1 fully saturated rings. The van der Waals surface area contributed by atoms with E-state index in [1.165, 1.54) is 7.11 Å². The van der Waals surface area contributed by atoms with Gasteiger partial charge in [0.05, 0.1) is 7.11 Å². The first-order valence-corrected chi connectivity index (χ1v) is 8.79. The van der Waals surface area contributed by atoms with Gasteiger partial charge in [0.2, 0.25) is 5.91 Å². The highest BCUT2D eigenvalue weighted by Crippen LogP contribution is 2.29. The van der Waals surface area contributed by atoms with E-state index in [2.05, 4.69) is 5.32 Å². The maximum Gasteiger partial charge on any atom is 0.328 e. The van der Waals surface area contributed by atoms with Crippen molar-refractivity contribution >= 4 is 11.9 Å². The van der Waals surface area contributed by atoms with Gasteiger partial charge < -0.3 is 14.8 Å². The minimum absolute atomic E-state index is 0.0442. The summed E-state index contributed by atoms with van der Waals surface area (Å²) in [5.41, 5.74) is 1.99. The van der Waals surface area contributed by atoms with Crippen molar-refractivity contribution < 1.29 is 19.1 Å². The van der Waals surface area contributed by atoms with Crippen molar-refractivity contribution in [3.63, 3.8) is 0 Å². The van der Waals surface area contributed by atoms with E-state index in [0.717, 1.165) is 29.7 Å². The van der Waals surface area contributed by atoms with Crippen LogP contribution in [0.2, 0.25) is 0 Å². The van der Waals surface area contributed by atoms with Crippen LogP contribution < -0.4 is 10.1 Å². The van der Waals surface area contributed by atoms with Crippen molar-refractivity contribution in [2.24, 2.45) is 5.92 Å². The molecule has 0 radical (unpaired) electrons. The molecule has 0 spiro atoms. The molecule has 136 valence electrons. The highest BCUT2D eigenvalue weighted by molar-refractivity contribution is 5.87. The zero-order valence-electron chi connectivity index (χ0n) is 14.8. The second-order valence-corrected chi connectivity index (χ2v) is 6.48. The van der Waals surface area contributed by atoms with Crippen LogP contribution in [0.5, 0.6) is 5.75 Å². The Morgan fingerprint density at radius 3 is 2.50 bits per heavy atom. The van der Waals surface area contributed by atoms with Gasteiger partial charge >= 0.3 is 5.97 Å². The summed E-state index contributed by atoms with van der Waals surface area (Å²) in [6, 6.07) is 16.8. The summed E-state index contributed by atoms with van der Waals surface area (Å²) in [5.74, 6) is 0.262. The van der Waals surface area contributed by atoms with Crippen molar-refractivity contribution in [3.05, 3.63) is 65.7 Å². The van der Waals surface area contributed by atoms with Crippen LogP contribution >= 0.6 is 0 Å². The van der Waals surface area contributed by atoms with Crippen molar-refractivity contribution in [3.8, 4) is 5.75 Å². The molecule has 1 atom stereocenters. The number of rotatable bonds is 8. The molecule has 2 aromatic carbocycles. The normalized spacial score (nSPS) is 14.3. The average molecular weight is 353 g/mol. The Labute approximate surface area is 153 Å². The van der Waals surface area contributed by atoms with Crippen LogP contribution in [0.15, 0.2) is 54.6 Å². The minimum atomic E-state index is -0.683. The fourth-order valence-corrected chi connectivity index (χ4v) is 2.71. The molecule has 0 unspecified atom stereocenters. The topological polar surface area (TPSA) is 64.6 Å². The summed E-state index contributed by atoms with van der Waals surface area (Å²) in [6.07, 6.45) is 2.15. The van der Waals surface area contributed by atoms with E-state index in [4.69, 9.17) is 9.47 Å². The van der Waals surface area contributed by atoms with Gasteiger partial charge in [0.1, 0.15) is 18.4 Å². The first-order chi connectivity index (χ1) is 12.7. The van der Waals surface area contributed by atoms with Crippen molar-refractivity contribution in [2.75, 3.05) is 7.11 Å². The molecule has 26 heavy (non-hydrogen) atoms. The third kappa shape index (κ3) is 5.09. The van der Waals surface area contributed by atoms with Crippen LogP contribution in [0.25, 0.3) is 0 Å². The van der Waals surface area contributed by atoms with Gasteiger partial charge in [-0.1, -0.05) is 42.5 Å². The molecule has 0 bridgehead atoms. The molecular weight excluding hydrogens is 330 g/mol. The summed E-state index contributed by atoms with van der Waals surface area (Å²) in [7, 11) is 1.33. The van der Waals surface area contributed by atoms with Crippen LogP contribution in [0, 0.1) is 5.92 Å². The number of esters is 1. The fourth-order valence-electron chi connectivity index (χ4n) is 2.71. The van der Waals surface area contributed by atoms with E-state index in [9.17, 15) is 9.59 Å². The lowest BCUT2D eigenvalue weighted by atomic mass is 10.1. The zero-order valence-corrected chi connectivity index (χ0v) is 14.8. The number of hydrogen-bond acceptors (Lipinski definition) is 4. The maximum absolute atomic E-state index is 12.0. The number of carbonyl (C=O) groups excluding carboxylic acids is 2. The Morgan fingerprint density at radius 2 is 1.81 bits per heavy atom. The smallest absolute Gasteiger partial charge is 0.328 e. The zero-order chi connectivity index (χ0) is 18.4. The first kappa shape index (κ1) is 18.0. The molecule has 0 heterocycles. The fraction of sp³-hybridized carbons (Fsp3) is 0.333. The number of ether oxygens (including phenoxy) is 2. The van der Waals surface area contributed by atoms with E-state index < -0.39 is 12.0 Å². The minimum Gasteiger partial charge on any atom is -0.489 e. The summed E-state index contributed by atoms with van der Waals surface area (Å²) in [6.45, 7) is 0.475. The van der Waals surface area contributed by atoms with Crippen LogP contribution in [-0.2, 0) is 27.4 Å². The standard InChI is InChI=1S/C21H23NO4/c1-25-21(24)19(22-20(23)17-10-11-17)13-16-8-5-9-18(12-16)26-14-15-6-3-2-4-7-15/h2-9,12,17,19H,10-11,13-14H2,1H3,(H,22,23)/t19-/m1/s1. The third-order valence-corrected chi connectivity index (χ3v) is 4.34. The van der Waals surface area contributed by atoms with Crippen molar-refractivity contribution in [2.45, 2.75) is 31.9 Å². The summed E-state index contributed by atoms with van der Waals surface area (Å²) >= 11 is 0. The van der Waals surface area contributed by atoms with Gasteiger partial charge in [-0.15, -0.1) is 0 Å². The Bertz CT molecular complexity index is 756. The van der Waals surface area contributed by atoms with Crippen LogP contribution in [0.1, 0.15) is 24.0 Å². The number of carbonyl (C=O) groups is 2. The van der Waals surface area contributed by atoms with E-state index in [0.29, 0.717) is 13.0 Å². The molecule has 1 saturated carbocycles. The molecule has 3 rings (SSSR count). The Kier molecular flexibility index (Phi) is 5.89. The molecular formula is C21H23NO4. The highest BCUT2D eigenvalue weighted by Gasteiger charge is 2.33. The molecule has 1 aliphatic rings. The number of nitrogens with one attached hydrogen (secondary N) is 1. The number of amides is 1. The van der Waals surface area contributed by atoms with Crippen LogP contribution in [0.4, 0.5) is 0 Å². The largest absolute Gasteiger partial charge is 0.489 e. The van der Waals surface area contributed by atoms with Crippen LogP contribution in [0.3, 0.4) is 0 Å². The Morgan fingerprint density at radius 1 is 1.08 bits per heavy atom. The lowest BCUT2D eigenvalue weighted by molar-refractivity contribution is -0.145. The summed E-state index contributed by atoms with van der Waals surface area (Å²) in [4.78, 5) is 24.0. The second kappa shape index (κ2) is 8.52. The lowest BCUT2D eigenvalue weighted by Crippen LogP contribution is -2.43. The summed E-state index contributed by atoms with van der Waals surface area (Å²) < 4.78 is 10.7. The van der Waals surface area contributed by atoms with Gasteiger partial charge in [-0.2, -0.15) is 0 Å². The molecule has 2 aromatic rings. The van der Waals surface area contributed by atoms with Crippen molar-refractivity contribution in [1.82, 2.24) is 5.32 Å². The van der Waals surface area contributed by atoms with E-state index in [-0.39, 0.29) is 11.8 Å². The predicted molar refractivity (Wildman–Crippen MR) is 97.6 cm³/mol. The third-order valence-electron chi connectivity index (χ3n) is 4.34. The molecule has 0 saturated heterocycles. The van der Waals surface area contributed by atoms with Gasteiger partial charge in [-0.25, -0.2) is 4.79 Å². The van der Waals surface area contributed by atoms with Gasteiger partial charge in [-0.3, -0.25) is 4.79 Å². The summed E-state index contributed by atoms with van der Waals surface area (Å²) in [5, 5.41) is 2.80. The highest BCUT2D eigenvalue weighted by atomic mass is 16.5. The van der Waals surface area contributed by atoms with Crippen molar-refractivity contribution in [1.29, 1.82) is 0 Å². The predicted octanol–water partition coefficient (Wildman–Crippen LogP) is 2.88. The van der Waals surface area contributed by atoms with Gasteiger partial charge in [0.15, 0.2) is 0 Å². The van der Waals surface area contributed by atoms with E-state index >= 15 is 0 Å². The molecule has 1 N–H and O–H groups in total. The quantitative estimate of drug-likeness (QED) is 0.741. The molecule has 1 amide bonds. The molecule has 0 aromatic heterocycles.